The molecular formula is C13H7BrCl2N2S. The first kappa shape index (κ1) is 13.2. The fourth-order valence-electron chi connectivity index (χ4n) is 2.01. The molecule has 1 heterocycles. The predicted octanol–water partition coefficient (Wildman–Crippen LogP) is 5.76. The molecule has 0 amide bonds. The van der Waals surface area contributed by atoms with Gasteiger partial charge in [-0.3, -0.25) is 4.57 Å². The normalized spacial score (nSPS) is 11.1. The van der Waals surface area contributed by atoms with E-state index in [9.17, 15) is 0 Å². The van der Waals surface area contributed by atoms with Gasteiger partial charge in [0.25, 0.3) is 0 Å². The Morgan fingerprint density at radius 2 is 1.74 bits per heavy atom. The van der Waals surface area contributed by atoms with Crippen LogP contribution in [0.5, 0.6) is 0 Å². The summed E-state index contributed by atoms with van der Waals surface area (Å²) in [5.74, 6) is 0. The number of benzene rings is 2. The zero-order valence-corrected chi connectivity index (χ0v) is 13.4. The summed E-state index contributed by atoms with van der Waals surface area (Å²) >= 11 is 20.9. The fourth-order valence-corrected chi connectivity index (χ4v) is 3.20. The molecule has 0 aliphatic rings. The molecule has 1 N–H and O–H groups in total. The molecule has 0 saturated carbocycles. The van der Waals surface area contributed by atoms with Crippen LogP contribution in [-0.2, 0) is 0 Å². The molecule has 0 aliphatic carbocycles. The smallest absolute Gasteiger partial charge is 0.182 e. The van der Waals surface area contributed by atoms with E-state index in [1.165, 1.54) is 0 Å². The van der Waals surface area contributed by atoms with E-state index in [1.807, 2.05) is 34.9 Å². The molecule has 0 spiro atoms. The summed E-state index contributed by atoms with van der Waals surface area (Å²) in [6.45, 7) is 0. The van der Waals surface area contributed by atoms with Gasteiger partial charge in [-0.25, -0.2) is 0 Å². The van der Waals surface area contributed by atoms with Gasteiger partial charge in [-0.2, -0.15) is 0 Å². The zero-order valence-electron chi connectivity index (χ0n) is 9.45. The van der Waals surface area contributed by atoms with Gasteiger partial charge in [-0.05, 0) is 48.6 Å². The third-order valence-electron chi connectivity index (χ3n) is 2.75. The molecule has 0 bridgehead atoms. The van der Waals surface area contributed by atoms with E-state index in [0.717, 1.165) is 21.2 Å². The number of aromatic nitrogens is 2. The van der Waals surface area contributed by atoms with Crippen LogP contribution in [0, 0.1) is 4.77 Å². The summed E-state index contributed by atoms with van der Waals surface area (Å²) in [6, 6.07) is 11.3. The first-order valence-corrected chi connectivity index (χ1v) is 7.37. The van der Waals surface area contributed by atoms with Gasteiger partial charge < -0.3 is 4.98 Å². The number of H-pyrrole nitrogens is 1. The van der Waals surface area contributed by atoms with Crippen molar-refractivity contribution in [2.45, 2.75) is 0 Å². The lowest BCUT2D eigenvalue weighted by atomic mass is 10.3. The highest BCUT2D eigenvalue weighted by Crippen LogP contribution is 2.26. The second kappa shape index (κ2) is 4.94. The predicted molar refractivity (Wildman–Crippen MR) is 86.2 cm³/mol. The second-order valence-electron chi connectivity index (χ2n) is 4.05. The van der Waals surface area contributed by atoms with Crippen LogP contribution in [0.15, 0.2) is 40.9 Å². The molecule has 19 heavy (non-hydrogen) atoms. The molecule has 96 valence electrons. The largest absolute Gasteiger partial charge is 0.330 e. The van der Waals surface area contributed by atoms with Crippen LogP contribution in [-0.4, -0.2) is 9.55 Å². The van der Waals surface area contributed by atoms with Crippen molar-refractivity contribution in [3.63, 3.8) is 0 Å². The Hall–Kier alpha value is -0.810. The van der Waals surface area contributed by atoms with Crippen LogP contribution < -0.4 is 0 Å². The highest BCUT2D eigenvalue weighted by atomic mass is 79.9. The monoisotopic (exact) mass is 372 g/mol. The van der Waals surface area contributed by atoms with Crippen LogP contribution in [0.25, 0.3) is 16.7 Å². The Balaban J connectivity index is 2.36. The highest BCUT2D eigenvalue weighted by molar-refractivity contribution is 9.10. The summed E-state index contributed by atoms with van der Waals surface area (Å²) < 4.78 is 3.51. The lowest BCUT2D eigenvalue weighted by Crippen LogP contribution is -1.93. The number of aromatic amines is 1. The first-order valence-electron chi connectivity index (χ1n) is 5.41. The van der Waals surface area contributed by atoms with Crippen LogP contribution in [0.3, 0.4) is 0 Å². The number of rotatable bonds is 1. The maximum Gasteiger partial charge on any atom is 0.182 e. The minimum atomic E-state index is 0.580. The van der Waals surface area contributed by atoms with Crippen molar-refractivity contribution in [3.8, 4) is 5.69 Å². The van der Waals surface area contributed by atoms with E-state index in [2.05, 4.69) is 20.9 Å². The molecule has 0 atom stereocenters. The number of imidazole rings is 1. The van der Waals surface area contributed by atoms with Gasteiger partial charge in [0.15, 0.2) is 4.77 Å². The first-order chi connectivity index (χ1) is 9.04. The average Bonchev–Trinajstić information content (AvgIpc) is 2.62. The Labute approximate surface area is 133 Å². The van der Waals surface area contributed by atoms with Crippen LogP contribution >= 0.6 is 51.3 Å². The van der Waals surface area contributed by atoms with E-state index in [1.54, 1.807) is 6.07 Å². The van der Waals surface area contributed by atoms with Crippen LogP contribution in [0.4, 0.5) is 0 Å². The molecule has 0 fully saturated rings. The maximum absolute atomic E-state index is 6.05. The molecule has 3 aromatic rings. The Bertz CT molecular complexity index is 818. The molecule has 2 nitrogen and oxygen atoms in total. The highest BCUT2D eigenvalue weighted by Gasteiger charge is 2.08. The molecule has 3 rings (SSSR count). The number of halogens is 3. The molecule has 6 heteroatoms. The van der Waals surface area contributed by atoms with E-state index in [-0.39, 0.29) is 0 Å². The summed E-state index contributed by atoms with van der Waals surface area (Å²) in [6.07, 6.45) is 0. The van der Waals surface area contributed by atoms with Crippen LogP contribution in [0.2, 0.25) is 10.0 Å². The summed E-state index contributed by atoms with van der Waals surface area (Å²) in [4.78, 5) is 3.17. The van der Waals surface area contributed by atoms with Gasteiger partial charge in [-0.15, -0.1) is 0 Å². The fraction of sp³-hybridized carbons (Fsp3) is 0. The third kappa shape index (κ3) is 2.46. The summed E-state index contributed by atoms with van der Waals surface area (Å²) in [5.41, 5.74) is 2.78. The van der Waals surface area contributed by atoms with Crippen molar-refractivity contribution in [1.29, 1.82) is 0 Å². The number of nitrogens with one attached hydrogen (secondary N) is 1. The number of fused-ring (bicyclic) bond motifs is 1. The van der Waals surface area contributed by atoms with E-state index in [4.69, 9.17) is 35.4 Å². The van der Waals surface area contributed by atoms with Crippen molar-refractivity contribution in [1.82, 2.24) is 9.55 Å². The minimum Gasteiger partial charge on any atom is -0.330 e. The van der Waals surface area contributed by atoms with Crippen LogP contribution in [0.1, 0.15) is 0 Å². The molecule has 2 aromatic carbocycles. The topological polar surface area (TPSA) is 20.7 Å². The second-order valence-corrected chi connectivity index (χ2v) is 6.23. The van der Waals surface area contributed by atoms with E-state index in [0.29, 0.717) is 14.8 Å². The molecule has 0 saturated heterocycles. The van der Waals surface area contributed by atoms with Gasteiger partial charge in [0.1, 0.15) is 0 Å². The molecule has 0 aliphatic heterocycles. The third-order valence-corrected chi connectivity index (χ3v) is 3.96. The van der Waals surface area contributed by atoms with Gasteiger partial charge >= 0.3 is 0 Å². The Kier molecular flexibility index (Phi) is 3.43. The standard InChI is InChI=1S/C13H7BrCl2N2S/c14-7-1-2-12-11(3-7)17-13(19)18(12)10-5-8(15)4-9(16)6-10/h1-6H,(H,17,19). The molecule has 0 unspecified atom stereocenters. The minimum absolute atomic E-state index is 0.580. The lowest BCUT2D eigenvalue weighted by Gasteiger charge is -2.06. The Morgan fingerprint density at radius 1 is 1.05 bits per heavy atom. The number of hydrogen-bond acceptors (Lipinski definition) is 1. The van der Waals surface area contributed by atoms with Crippen molar-refractivity contribution >= 4 is 62.4 Å². The van der Waals surface area contributed by atoms with Gasteiger partial charge in [0, 0.05) is 14.5 Å². The van der Waals surface area contributed by atoms with E-state index >= 15 is 0 Å². The van der Waals surface area contributed by atoms with Crippen molar-refractivity contribution < 1.29 is 0 Å². The number of nitrogens with zero attached hydrogens (tertiary/aromatic N) is 1. The molecule has 1 aromatic heterocycles. The summed E-state index contributed by atoms with van der Waals surface area (Å²) in [7, 11) is 0. The maximum atomic E-state index is 6.05. The van der Waals surface area contributed by atoms with Gasteiger partial charge in [0.2, 0.25) is 0 Å². The quantitative estimate of drug-likeness (QED) is 0.538. The van der Waals surface area contributed by atoms with Crippen molar-refractivity contribution in [3.05, 3.63) is 55.7 Å². The Morgan fingerprint density at radius 3 is 2.42 bits per heavy atom. The van der Waals surface area contributed by atoms with E-state index < -0.39 is 0 Å². The SMILES string of the molecule is S=c1[nH]c2cc(Br)ccc2n1-c1cc(Cl)cc(Cl)c1. The van der Waals surface area contributed by atoms with Crippen molar-refractivity contribution in [2.75, 3.05) is 0 Å². The van der Waals surface area contributed by atoms with Gasteiger partial charge in [-0.1, -0.05) is 39.1 Å². The zero-order chi connectivity index (χ0) is 13.6. The molecule has 0 radical (unpaired) electrons. The molecular weight excluding hydrogens is 367 g/mol. The van der Waals surface area contributed by atoms with Crippen molar-refractivity contribution in [2.24, 2.45) is 0 Å². The lowest BCUT2D eigenvalue weighted by molar-refractivity contribution is 1.07. The van der Waals surface area contributed by atoms with Gasteiger partial charge in [0.05, 0.1) is 16.7 Å². The average molecular weight is 374 g/mol. The number of hydrogen-bond donors (Lipinski definition) is 1. The summed E-state index contributed by atoms with van der Waals surface area (Å²) in [5, 5.41) is 1.16.